The number of nitrogens with one attached hydrogen (secondary N) is 2. The highest BCUT2D eigenvalue weighted by Gasteiger charge is 2.16. The van der Waals surface area contributed by atoms with Gasteiger partial charge >= 0.3 is 6.09 Å². The van der Waals surface area contributed by atoms with E-state index in [1.165, 1.54) is 0 Å². The number of halogens is 1. The summed E-state index contributed by atoms with van der Waals surface area (Å²) in [6.07, 6.45) is -0.472. The number of hydrogen-bond acceptors (Lipinski definition) is 4. The third kappa shape index (κ3) is 5.52. The molecule has 1 aromatic heterocycles. The number of amides is 1. The third-order valence-corrected chi connectivity index (χ3v) is 3.62. The number of thiophene rings is 1. The molecule has 6 heteroatoms. The summed E-state index contributed by atoms with van der Waals surface area (Å²) >= 11 is 5.02. The lowest BCUT2D eigenvalue weighted by molar-refractivity contribution is 0.0490. The Kier molecular flexibility index (Phi) is 4.97. The van der Waals surface area contributed by atoms with E-state index in [9.17, 15) is 4.79 Å². The van der Waals surface area contributed by atoms with Gasteiger partial charge in [0, 0.05) is 4.88 Å². The molecular formula is C11H17BrN2O2S. The molecule has 0 aliphatic carbocycles. The maximum atomic E-state index is 11.4. The largest absolute Gasteiger partial charge is 0.443 e. The molecule has 1 unspecified atom stereocenters. The fourth-order valence-electron chi connectivity index (χ4n) is 1.10. The topological polar surface area (TPSA) is 50.4 Å². The normalized spacial score (nSPS) is 13.2. The van der Waals surface area contributed by atoms with E-state index in [1.54, 1.807) is 11.3 Å². The molecule has 1 atom stereocenters. The Bertz CT molecular complexity index is 387. The van der Waals surface area contributed by atoms with Crippen LogP contribution in [0.15, 0.2) is 15.9 Å². The highest BCUT2D eigenvalue weighted by atomic mass is 79.9. The monoisotopic (exact) mass is 320 g/mol. The van der Waals surface area contributed by atoms with Crippen LogP contribution in [0.4, 0.5) is 4.79 Å². The highest BCUT2D eigenvalue weighted by molar-refractivity contribution is 9.11. The Labute approximate surface area is 114 Å². The molecule has 1 amide bonds. The molecule has 0 fully saturated rings. The van der Waals surface area contributed by atoms with Gasteiger partial charge in [-0.3, -0.25) is 5.43 Å². The minimum Gasteiger partial charge on any atom is -0.443 e. The lowest BCUT2D eigenvalue weighted by Gasteiger charge is -2.21. The molecule has 1 heterocycles. The van der Waals surface area contributed by atoms with Gasteiger partial charge in [-0.1, -0.05) is 0 Å². The van der Waals surface area contributed by atoms with Crippen molar-refractivity contribution in [1.82, 2.24) is 10.9 Å². The van der Waals surface area contributed by atoms with Crippen LogP contribution in [0, 0.1) is 0 Å². The minimum absolute atomic E-state index is 0.0406. The van der Waals surface area contributed by atoms with E-state index in [1.807, 2.05) is 39.8 Å². The van der Waals surface area contributed by atoms with Crippen LogP contribution in [0.1, 0.15) is 38.6 Å². The van der Waals surface area contributed by atoms with E-state index in [2.05, 4.69) is 26.8 Å². The summed E-state index contributed by atoms with van der Waals surface area (Å²) in [5.41, 5.74) is 4.94. The van der Waals surface area contributed by atoms with Crippen molar-refractivity contribution in [1.29, 1.82) is 0 Å². The first-order valence-corrected chi connectivity index (χ1v) is 6.88. The summed E-state index contributed by atoms with van der Waals surface area (Å²) in [5, 5.41) is 0. The molecular weight excluding hydrogens is 304 g/mol. The molecule has 0 spiro atoms. The SMILES string of the molecule is CC(NNC(=O)OC(C)(C)C)c1ccc(Br)s1. The lowest BCUT2D eigenvalue weighted by Crippen LogP contribution is -2.42. The summed E-state index contributed by atoms with van der Waals surface area (Å²) in [7, 11) is 0. The summed E-state index contributed by atoms with van der Waals surface area (Å²) in [4.78, 5) is 12.5. The second-order valence-corrected chi connectivity index (χ2v) is 7.13. The standard InChI is InChI=1S/C11H17BrN2O2S/c1-7(8-5-6-9(12)17-8)13-14-10(15)16-11(2,3)4/h5-7,13H,1-4H3,(H,14,15). The number of hydrogen-bond donors (Lipinski definition) is 2. The second kappa shape index (κ2) is 5.84. The van der Waals surface area contributed by atoms with E-state index in [4.69, 9.17) is 4.74 Å². The Morgan fingerprint density at radius 3 is 2.59 bits per heavy atom. The van der Waals surface area contributed by atoms with Crippen LogP contribution in [-0.2, 0) is 4.74 Å². The summed E-state index contributed by atoms with van der Waals surface area (Å²) < 4.78 is 6.18. The van der Waals surface area contributed by atoms with Crippen LogP contribution >= 0.6 is 27.3 Å². The smallest absolute Gasteiger partial charge is 0.422 e. The van der Waals surface area contributed by atoms with Crippen molar-refractivity contribution in [2.45, 2.75) is 39.3 Å². The maximum absolute atomic E-state index is 11.4. The Morgan fingerprint density at radius 1 is 1.47 bits per heavy atom. The molecule has 0 aliphatic rings. The zero-order valence-corrected chi connectivity index (χ0v) is 12.7. The molecule has 0 aromatic carbocycles. The number of hydrazine groups is 1. The Morgan fingerprint density at radius 2 is 2.12 bits per heavy atom. The quantitative estimate of drug-likeness (QED) is 0.836. The first kappa shape index (κ1) is 14.5. The molecule has 0 radical (unpaired) electrons. The Balaban J connectivity index is 2.38. The summed E-state index contributed by atoms with van der Waals surface area (Å²) in [5.74, 6) is 0. The predicted octanol–water partition coefficient (Wildman–Crippen LogP) is 3.60. The van der Waals surface area contributed by atoms with Crippen molar-refractivity contribution >= 4 is 33.4 Å². The van der Waals surface area contributed by atoms with Crippen LogP contribution in [0.3, 0.4) is 0 Å². The van der Waals surface area contributed by atoms with E-state index in [-0.39, 0.29) is 6.04 Å². The van der Waals surface area contributed by atoms with Gasteiger partial charge in [0.2, 0.25) is 0 Å². The molecule has 2 N–H and O–H groups in total. The van der Waals surface area contributed by atoms with Crippen LogP contribution in [0.25, 0.3) is 0 Å². The van der Waals surface area contributed by atoms with Gasteiger partial charge < -0.3 is 4.74 Å². The summed E-state index contributed by atoms with van der Waals surface area (Å²) in [6.45, 7) is 7.45. The maximum Gasteiger partial charge on any atom is 0.422 e. The van der Waals surface area contributed by atoms with Crippen molar-refractivity contribution in [3.8, 4) is 0 Å². The van der Waals surface area contributed by atoms with Crippen LogP contribution < -0.4 is 10.9 Å². The fourth-order valence-corrected chi connectivity index (χ4v) is 2.53. The summed E-state index contributed by atoms with van der Waals surface area (Å²) in [6, 6.07) is 4.02. The van der Waals surface area contributed by atoms with E-state index in [0.717, 1.165) is 8.66 Å². The van der Waals surface area contributed by atoms with Gasteiger partial charge in [0.25, 0.3) is 0 Å². The van der Waals surface area contributed by atoms with Crippen LogP contribution in [0.5, 0.6) is 0 Å². The van der Waals surface area contributed by atoms with E-state index < -0.39 is 11.7 Å². The molecule has 17 heavy (non-hydrogen) atoms. The highest BCUT2D eigenvalue weighted by Crippen LogP contribution is 2.26. The second-order valence-electron chi connectivity index (χ2n) is 4.63. The molecule has 4 nitrogen and oxygen atoms in total. The fraction of sp³-hybridized carbons (Fsp3) is 0.545. The van der Waals surface area contributed by atoms with Gasteiger partial charge in [-0.15, -0.1) is 11.3 Å². The number of rotatable bonds is 3. The van der Waals surface area contributed by atoms with Crippen molar-refractivity contribution in [3.05, 3.63) is 20.8 Å². The zero-order chi connectivity index (χ0) is 13.1. The van der Waals surface area contributed by atoms with Crippen LogP contribution in [-0.4, -0.2) is 11.7 Å². The van der Waals surface area contributed by atoms with Crippen molar-refractivity contribution < 1.29 is 9.53 Å². The minimum atomic E-state index is -0.485. The van der Waals surface area contributed by atoms with Crippen molar-refractivity contribution in [2.24, 2.45) is 0 Å². The van der Waals surface area contributed by atoms with E-state index >= 15 is 0 Å². The third-order valence-electron chi connectivity index (χ3n) is 1.81. The molecule has 96 valence electrons. The van der Waals surface area contributed by atoms with Gasteiger partial charge in [-0.25, -0.2) is 10.2 Å². The molecule has 1 aromatic rings. The van der Waals surface area contributed by atoms with Crippen molar-refractivity contribution in [3.63, 3.8) is 0 Å². The molecule has 0 saturated heterocycles. The van der Waals surface area contributed by atoms with Gasteiger partial charge in [0.1, 0.15) is 5.60 Å². The number of carbonyl (C=O) groups excluding carboxylic acids is 1. The van der Waals surface area contributed by atoms with Gasteiger partial charge in [0.05, 0.1) is 9.83 Å². The number of carbonyl (C=O) groups is 1. The average Bonchev–Trinajstić information content (AvgIpc) is 2.58. The lowest BCUT2D eigenvalue weighted by atomic mass is 10.2. The van der Waals surface area contributed by atoms with Gasteiger partial charge in [0.15, 0.2) is 0 Å². The van der Waals surface area contributed by atoms with Gasteiger partial charge in [-0.2, -0.15) is 0 Å². The predicted molar refractivity (Wildman–Crippen MR) is 72.9 cm³/mol. The van der Waals surface area contributed by atoms with E-state index in [0.29, 0.717) is 0 Å². The molecule has 1 rings (SSSR count). The van der Waals surface area contributed by atoms with Crippen molar-refractivity contribution in [2.75, 3.05) is 0 Å². The van der Waals surface area contributed by atoms with Crippen LogP contribution in [0.2, 0.25) is 0 Å². The molecule has 0 saturated carbocycles. The first-order chi connectivity index (χ1) is 7.78. The van der Waals surface area contributed by atoms with Gasteiger partial charge in [-0.05, 0) is 55.8 Å². The number of ether oxygens (including phenoxy) is 1. The first-order valence-electron chi connectivity index (χ1n) is 5.27. The zero-order valence-electron chi connectivity index (χ0n) is 10.3. The average molecular weight is 321 g/mol. The Hall–Kier alpha value is -0.590. The molecule has 0 aliphatic heterocycles. The molecule has 0 bridgehead atoms.